The summed E-state index contributed by atoms with van der Waals surface area (Å²) in [4.78, 5) is 11.7. The van der Waals surface area contributed by atoms with E-state index in [9.17, 15) is 9.18 Å². The fourth-order valence-corrected chi connectivity index (χ4v) is 2.07. The minimum absolute atomic E-state index is 0.130. The Morgan fingerprint density at radius 2 is 2.15 bits per heavy atom. The zero-order valence-corrected chi connectivity index (χ0v) is 12.1. The molecule has 20 heavy (non-hydrogen) atoms. The molecule has 0 saturated carbocycles. The molecular weight excluding hydrogens is 259 g/mol. The van der Waals surface area contributed by atoms with Crippen molar-refractivity contribution in [1.82, 2.24) is 5.32 Å². The molecule has 3 N–H and O–H groups in total. The number of carbonyl (C=O) groups excluding carboxylic acids is 1. The highest BCUT2D eigenvalue weighted by Crippen LogP contribution is 2.14. The second-order valence-corrected chi connectivity index (χ2v) is 4.97. The number of halogens is 1. The Kier molecular flexibility index (Phi) is 7.01. The van der Waals surface area contributed by atoms with E-state index < -0.39 is 0 Å². The van der Waals surface area contributed by atoms with E-state index in [1.165, 1.54) is 12.1 Å². The van der Waals surface area contributed by atoms with E-state index in [-0.39, 0.29) is 24.4 Å². The van der Waals surface area contributed by atoms with Gasteiger partial charge in [-0.2, -0.15) is 0 Å². The Labute approximate surface area is 119 Å². The summed E-state index contributed by atoms with van der Waals surface area (Å²) in [5.74, 6) is -0.00684. The van der Waals surface area contributed by atoms with Crippen LogP contribution in [0.25, 0.3) is 0 Å². The summed E-state index contributed by atoms with van der Waals surface area (Å²) in [7, 11) is 0. The van der Waals surface area contributed by atoms with E-state index in [0.717, 1.165) is 12.8 Å². The van der Waals surface area contributed by atoms with Gasteiger partial charge in [0.25, 0.3) is 0 Å². The van der Waals surface area contributed by atoms with E-state index in [2.05, 4.69) is 17.6 Å². The fourth-order valence-electron chi connectivity index (χ4n) is 2.07. The number of aliphatic hydroxyl groups excluding tert-OH is 1. The fraction of sp³-hybridized carbons (Fsp3) is 0.533. The number of rotatable bonds is 7. The number of amides is 2. The largest absolute Gasteiger partial charge is 0.396 e. The van der Waals surface area contributed by atoms with Crippen molar-refractivity contribution in [2.45, 2.75) is 33.1 Å². The molecule has 0 aliphatic carbocycles. The summed E-state index contributed by atoms with van der Waals surface area (Å²) in [6.45, 7) is 4.38. The van der Waals surface area contributed by atoms with Crippen molar-refractivity contribution < 1.29 is 14.3 Å². The minimum Gasteiger partial charge on any atom is -0.396 e. The summed E-state index contributed by atoms with van der Waals surface area (Å²) in [5, 5.41) is 14.4. The van der Waals surface area contributed by atoms with Crippen molar-refractivity contribution in [1.29, 1.82) is 0 Å². The number of hydrogen-bond donors (Lipinski definition) is 3. The van der Waals surface area contributed by atoms with Gasteiger partial charge in [0.2, 0.25) is 0 Å². The van der Waals surface area contributed by atoms with Crippen molar-refractivity contribution in [2.24, 2.45) is 5.92 Å². The van der Waals surface area contributed by atoms with Crippen LogP contribution in [0.15, 0.2) is 18.2 Å². The molecule has 0 spiro atoms. The first-order chi connectivity index (χ1) is 9.56. The summed E-state index contributed by atoms with van der Waals surface area (Å²) in [5.41, 5.74) is 1.06. The van der Waals surface area contributed by atoms with Crippen LogP contribution in [0.5, 0.6) is 0 Å². The maximum absolute atomic E-state index is 13.1. The van der Waals surface area contributed by atoms with E-state index >= 15 is 0 Å². The van der Waals surface area contributed by atoms with Gasteiger partial charge in [0.15, 0.2) is 0 Å². The lowest BCUT2D eigenvalue weighted by Crippen LogP contribution is -2.33. The number of anilines is 1. The maximum atomic E-state index is 13.1. The first kappa shape index (κ1) is 16.4. The van der Waals surface area contributed by atoms with Crippen LogP contribution >= 0.6 is 0 Å². The van der Waals surface area contributed by atoms with Gasteiger partial charge in [0.1, 0.15) is 5.82 Å². The molecule has 0 saturated heterocycles. The number of hydrogen-bond acceptors (Lipinski definition) is 2. The van der Waals surface area contributed by atoms with Gasteiger partial charge in [-0.1, -0.05) is 13.3 Å². The first-order valence-corrected chi connectivity index (χ1v) is 6.98. The highest BCUT2D eigenvalue weighted by molar-refractivity contribution is 5.89. The molecular formula is C15H23FN2O2. The monoisotopic (exact) mass is 282 g/mol. The van der Waals surface area contributed by atoms with Gasteiger partial charge in [0, 0.05) is 18.8 Å². The lowest BCUT2D eigenvalue weighted by molar-refractivity contribution is 0.237. The van der Waals surface area contributed by atoms with Crippen molar-refractivity contribution in [2.75, 3.05) is 18.5 Å². The van der Waals surface area contributed by atoms with Crippen molar-refractivity contribution in [3.05, 3.63) is 29.6 Å². The average Bonchev–Trinajstić information content (AvgIpc) is 2.41. The molecule has 112 valence electrons. The third-order valence-electron chi connectivity index (χ3n) is 3.20. The number of aliphatic hydroxyl groups is 1. The Hall–Kier alpha value is -1.62. The third-order valence-corrected chi connectivity index (χ3v) is 3.20. The predicted molar refractivity (Wildman–Crippen MR) is 78.3 cm³/mol. The lowest BCUT2D eigenvalue weighted by Gasteiger charge is -2.16. The zero-order chi connectivity index (χ0) is 15.0. The van der Waals surface area contributed by atoms with Crippen LogP contribution < -0.4 is 10.6 Å². The van der Waals surface area contributed by atoms with Gasteiger partial charge in [-0.25, -0.2) is 9.18 Å². The topological polar surface area (TPSA) is 61.4 Å². The number of nitrogens with one attached hydrogen (secondary N) is 2. The van der Waals surface area contributed by atoms with Gasteiger partial charge in [-0.15, -0.1) is 0 Å². The van der Waals surface area contributed by atoms with Crippen LogP contribution in [0.4, 0.5) is 14.9 Å². The van der Waals surface area contributed by atoms with Gasteiger partial charge in [-0.05, 0) is 49.4 Å². The standard InChI is InChI=1S/C15H23FN2O2/c1-3-4-12(7-8-19)10-17-15(20)18-13-5-6-14(16)11(2)9-13/h5-6,9,12,19H,3-4,7-8,10H2,1-2H3,(H2,17,18,20). The van der Waals surface area contributed by atoms with Gasteiger partial charge >= 0.3 is 6.03 Å². The van der Waals surface area contributed by atoms with Crippen LogP contribution in [-0.2, 0) is 0 Å². The summed E-state index contributed by atoms with van der Waals surface area (Å²) < 4.78 is 13.1. The van der Waals surface area contributed by atoms with Crippen LogP contribution in [0.1, 0.15) is 31.7 Å². The normalized spacial score (nSPS) is 12.0. The van der Waals surface area contributed by atoms with E-state index in [0.29, 0.717) is 24.2 Å². The highest BCUT2D eigenvalue weighted by Gasteiger charge is 2.09. The second-order valence-electron chi connectivity index (χ2n) is 4.97. The molecule has 1 rings (SSSR count). The zero-order valence-electron chi connectivity index (χ0n) is 12.1. The minimum atomic E-state index is -0.310. The Morgan fingerprint density at radius 1 is 1.40 bits per heavy atom. The molecule has 0 aromatic heterocycles. The van der Waals surface area contributed by atoms with E-state index in [1.807, 2.05) is 0 Å². The van der Waals surface area contributed by atoms with Crippen LogP contribution in [0, 0.1) is 18.7 Å². The summed E-state index contributed by atoms with van der Waals surface area (Å²) >= 11 is 0. The van der Waals surface area contributed by atoms with Crippen LogP contribution in [-0.4, -0.2) is 24.3 Å². The lowest BCUT2D eigenvalue weighted by atomic mass is 10.0. The molecule has 1 atom stereocenters. The molecule has 1 unspecified atom stereocenters. The predicted octanol–water partition coefficient (Wildman–Crippen LogP) is 3.05. The van der Waals surface area contributed by atoms with Gasteiger partial charge < -0.3 is 15.7 Å². The molecule has 1 aromatic rings. The summed E-state index contributed by atoms with van der Waals surface area (Å²) in [6, 6.07) is 4.14. The van der Waals surface area contributed by atoms with E-state index in [1.54, 1.807) is 13.0 Å². The number of urea groups is 1. The first-order valence-electron chi connectivity index (χ1n) is 6.98. The van der Waals surface area contributed by atoms with Gasteiger partial charge in [0.05, 0.1) is 0 Å². The van der Waals surface area contributed by atoms with Crippen molar-refractivity contribution >= 4 is 11.7 Å². The second kappa shape index (κ2) is 8.53. The molecule has 4 nitrogen and oxygen atoms in total. The molecule has 0 bridgehead atoms. The summed E-state index contributed by atoms with van der Waals surface area (Å²) in [6.07, 6.45) is 2.67. The average molecular weight is 282 g/mol. The molecule has 0 fully saturated rings. The van der Waals surface area contributed by atoms with E-state index in [4.69, 9.17) is 5.11 Å². The Balaban J connectivity index is 2.44. The SMILES string of the molecule is CCCC(CCO)CNC(=O)Nc1ccc(F)c(C)c1. The molecule has 0 radical (unpaired) electrons. The molecule has 1 aromatic carbocycles. The molecule has 2 amide bonds. The van der Waals surface area contributed by atoms with Gasteiger partial charge in [-0.3, -0.25) is 0 Å². The van der Waals surface area contributed by atoms with Crippen molar-refractivity contribution in [3.8, 4) is 0 Å². The van der Waals surface area contributed by atoms with Crippen LogP contribution in [0.3, 0.4) is 0 Å². The molecule has 0 heterocycles. The Morgan fingerprint density at radius 3 is 2.75 bits per heavy atom. The number of carbonyl (C=O) groups is 1. The maximum Gasteiger partial charge on any atom is 0.319 e. The third kappa shape index (κ3) is 5.57. The molecule has 5 heteroatoms. The quantitative estimate of drug-likeness (QED) is 0.720. The molecule has 0 aliphatic rings. The smallest absolute Gasteiger partial charge is 0.319 e. The van der Waals surface area contributed by atoms with Crippen molar-refractivity contribution in [3.63, 3.8) is 0 Å². The highest BCUT2D eigenvalue weighted by atomic mass is 19.1. The van der Waals surface area contributed by atoms with Crippen LogP contribution in [0.2, 0.25) is 0 Å². The number of benzene rings is 1. The molecule has 0 aliphatic heterocycles. The Bertz CT molecular complexity index is 432. The number of aryl methyl sites for hydroxylation is 1.